The van der Waals surface area contributed by atoms with Gasteiger partial charge in [0.25, 0.3) is 11.1 Å². The van der Waals surface area contributed by atoms with Crippen LogP contribution in [0.15, 0.2) is 63.2 Å². The minimum Gasteiger partial charge on any atom is -0.268 e. The molecule has 0 saturated carbocycles. The summed E-state index contributed by atoms with van der Waals surface area (Å²) in [6, 6.07) is 16.4. The average Bonchev–Trinajstić information content (AvgIpc) is 2.86. The van der Waals surface area contributed by atoms with Crippen LogP contribution in [0.25, 0.3) is 6.08 Å². The van der Waals surface area contributed by atoms with Gasteiger partial charge in [0.15, 0.2) is 0 Å². The third-order valence-corrected chi connectivity index (χ3v) is 5.68. The highest BCUT2D eigenvalue weighted by Crippen LogP contribution is 2.33. The summed E-state index contributed by atoms with van der Waals surface area (Å²) in [5.74, 6) is -0.185. The van der Waals surface area contributed by atoms with Gasteiger partial charge in [0.05, 0.1) is 4.91 Å². The number of imide groups is 1. The van der Waals surface area contributed by atoms with E-state index in [1.165, 1.54) is 15.4 Å². The molecule has 3 nitrogen and oxygen atoms in total. The molecule has 1 saturated heterocycles. The summed E-state index contributed by atoms with van der Waals surface area (Å²) >= 11 is 2.72. The van der Waals surface area contributed by atoms with Gasteiger partial charge in [0.2, 0.25) is 0 Å². The van der Waals surface area contributed by atoms with Gasteiger partial charge in [0.1, 0.15) is 0 Å². The van der Waals surface area contributed by atoms with Crippen LogP contribution in [0, 0.1) is 6.92 Å². The van der Waals surface area contributed by atoms with Crippen molar-refractivity contribution in [3.05, 3.63) is 64.6 Å². The first kappa shape index (κ1) is 17.8. The lowest BCUT2D eigenvalue weighted by Gasteiger charge is -2.09. The predicted molar refractivity (Wildman–Crippen MR) is 105 cm³/mol. The molecular formula is C20H19NO2S2. The van der Waals surface area contributed by atoms with Crippen molar-refractivity contribution in [2.24, 2.45) is 0 Å². The minimum atomic E-state index is -0.185. The van der Waals surface area contributed by atoms with Crippen LogP contribution >= 0.6 is 23.5 Å². The van der Waals surface area contributed by atoms with Crippen LogP contribution < -0.4 is 0 Å². The first-order chi connectivity index (χ1) is 12.1. The Morgan fingerprint density at radius 3 is 2.20 bits per heavy atom. The normalized spacial score (nSPS) is 16.1. The molecule has 1 aliphatic rings. The van der Waals surface area contributed by atoms with Crippen molar-refractivity contribution >= 4 is 40.7 Å². The number of thioether (sulfide) groups is 1. The van der Waals surface area contributed by atoms with Gasteiger partial charge in [-0.15, -0.1) is 0 Å². The van der Waals surface area contributed by atoms with E-state index in [1.54, 1.807) is 17.8 Å². The van der Waals surface area contributed by atoms with E-state index in [0.717, 1.165) is 28.6 Å². The average molecular weight is 370 g/mol. The molecule has 2 aromatic rings. The summed E-state index contributed by atoms with van der Waals surface area (Å²) < 4.78 is 0. The predicted octanol–water partition coefficient (Wildman–Crippen LogP) is 5.59. The van der Waals surface area contributed by atoms with Crippen LogP contribution in [0.3, 0.4) is 0 Å². The Labute approximate surface area is 156 Å². The summed E-state index contributed by atoms with van der Waals surface area (Å²) in [6.07, 6.45) is 2.57. The number of amides is 2. The van der Waals surface area contributed by atoms with E-state index in [1.807, 2.05) is 31.2 Å². The third kappa shape index (κ3) is 4.35. The van der Waals surface area contributed by atoms with Crippen LogP contribution in [0.5, 0.6) is 0 Å². The van der Waals surface area contributed by atoms with Gasteiger partial charge >= 0.3 is 0 Å². The number of rotatable bonds is 5. The topological polar surface area (TPSA) is 37.4 Å². The second-order valence-electron chi connectivity index (χ2n) is 5.82. The fourth-order valence-corrected chi connectivity index (χ4v) is 4.12. The smallest absolute Gasteiger partial charge is 0.268 e. The molecule has 0 aromatic heterocycles. The molecular weight excluding hydrogens is 350 g/mol. The molecule has 0 aliphatic carbocycles. The maximum Gasteiger partial charge on any atom is 0.293 e. The van der Waals surface area contributed by atoms with Gasteiger partial charge < -0.3 is 0 Å². The Morgan fingerprint density at radius 2 is 1.60 bits per heavy atom. The number of carbonyl (C=O) groups excluding carboxylic acids is 2. The maximum atomic E-state index is 12.3. The van der Waals surface area contributed by atoms with E-state index in [4.69, 9.17) is 0 Å². The molecule has 1 aliphatic heterocycles. The van der Waals surface area contributed by atoms with Gasteiger partial charge in [-0.1, -0.05) is 48.5 Å². The zero-order valence-corrected chi connectivity index (χ0v) is 15.8. The number of nitrogens with zero attached hydrogens (tertiary/aromatic N) is 1. The lowest BCUT2D eigenvalue weighted by molar-refractivity contribution is -0.122. The van der Waals surface area contributed by atoms with Gasteiger partial charge in [-0.3, -0.25) is 14.5 Å². The summed E-state index contributed by atoms with van der Waals surface area (Å²) in [5, 5.41) is -0.176. The molecule has 2 aromatic carbocycles. The van der Waals surface area contributed by atoms with E-state index in [-0.39, 0.29) is 11.1 Å². The van der Waals surface area contributed by atoms with Gasteiger partial charge in [-0.2, -0.15) is 0 Å². The number of carbonyl (C=O) groups is 2. The van der Waals surface area contributed by atoms with Gasteiger partial charge in [-0.05, 0) is 61.0 Å². The Balaban J connectivity index is 1.71. The molecule has 128 valence electrons. The lowest BCUT2D eigenvalue weighted by Crippen LogP contribution is -2.28. The largest absolute Gasteiger partial charge is 0.293 e. The van der Waals surface area contributed by atoms with Crippen LogP contribution in [-0.4, -0.2) is 22.6 Å². The number of hydrogen-bond acceptors (Lipinski definition) is 4. The zero-order valence-electron chi connectivity index (χ0n) is 14.2. The molecule has 0 spiro atoms. The third-order valence-electron chi connectivity index (χ3n) is 3.76. The van der Waals surface area contributed by atoms with Crippen LogP contribution in [0.1, 0.15) is 24.5 Å². The standard InChI is InChI=1S/C20H19NO2S2/c1-3-12-21-19(22)18(25-20(21)23)13-15-6-10-17(11-7-15)24-16-8-4-14(2)5-9-16/h4-11,13H,3,12H2,1-2H3/b18-13-. The number of hydrogen-bond donors (Lipinski definition) is 0. The summed E-state index contributed by atoms with van der Waals surface area (Å²) in [7, 11) is 0. The maximum absolute atomic E-state index is 12.3. The summed E-state index contributed by atoms with van der Waals surface area (Å²) in [6.45, 7) is 4.51. The van der Waals surface area contributed by atoms with Crippen LogP contribution in [0.4, 0.5) is 4.79 Å². The molecule has 0 unspecified atom stereocenters. The van der Waals surface area contributed by atoms with Crippen molar-refractivity contribution in [3.8, 4) is 0 Å². The first-order valence-corrected chi connectivity index (χ1v) is 9.80. The van der Waals surface area contributed by atoms with E-state index in [0.29, 0.717) is 11.4 Å². The van der Waals surface area contributed by atoms with Crippen LogP contribution in [0.2, 0.25) is 0 Å². The van der Waals surface area contributed by atoms with E-state index in [9.17, 15) is 9.59 Å². The zero-order chi connectivity index (χ0) is 17.8. The van der Waals surface area contributed by atoms with Crippen molar-refractivity contribution in [1.29, 1.82) is 0 Å². The molecule has 0 N–H and O–H groups in total. The quantitative estimate of drug-likeness (QED) is 0.644. The molecule has 5 heteroatoms. The van der Waals surface area contributed by atoms with Crippen molar-refractivity contribution in [2.75, 3.05) is 6.54 Å². The summed E-state index contributed by atoms with van der Waals surface area (Å²) in [5.41, 5.74) is 2.17. The van der Waals surface area contributed by atoms with E-state index in [2.05, 4.69) is 31.2 Å². The Kier molecular flexibility index (Phi) is 5.66. The molecule has 0 atom stereocenters. The first-order valence-electron chi connectivity index (χ1n) is 8.17. The van der Waals surface area contributed by atoms with Crippen molar-refractivity contribution in [1.82, 2.24) is 4.90 Å². The Morgan fingerprint density at radius 1 is 1.00 bits per heavy atom. The number of benzene rings is 2. The van der Waals surface area contributed by atoms with Gasteiger partial charge in [-0.25, -0.2) is 0 Å². The SMILES string of the molecule is CCCN1C(=O)S/C(=C\c2ccc(Sc3ccc(C)cc3)cc2)C1=O. The molecule has 0 bridgehead atoms. The van der Waals surface area contributed by atoms with E-state index < -0.39 is 0 Å². The highest BCUT2D eigenvalue weighted by Gasteiger charge is 2.34. The molecule has 25 heavy (non-hydrogen) atoms. The molecule has 1 heterocycles. The van der Waals surface area contributed by atoms with Crippen molar-refractivity contribution < 1.29 is 9.59 Å². The molecule has 2 amide bonds. The number of aryl methyl sites for hydroxylation is 1. The lowest BCUT2D eigenvalue weighted by atomic mass is 10.2. The van der Waals surface area contributed by atoms with Gasteiger partial charge in [0, 0.05) is 16.3 Å². The van der Waals surface area contributed by atoms with Crippen molar-refractivity contribution in [2.45, 2.75) is 30.1 Å². The Hall–Kier alpha value is -1.98. The fourth-order valence-electron chi connectivity index (χ4n) is 2.44. The monoisotopic (exact) mass is 369 g/mol. The minimum absolute atomic E-state index is 0.176. The molecule has 3 rings (SSSR count). The molecule has 1 fully saturated rings. The highest BCUT2D eigenvalue weighted by atomic mass is 32.2. The van der Waals surface area contributed by atoms with E-state index >= 15 is 0 Å². The second kappa shape index (κ2) is 7.93. The van der Waals surface area contributed by atoms with Crippen LogP contribution in [-0.2, 0) is 4.79 Å². The summed E-state index contributed by atoms with van der Waals surface area (Å²) in [4.78, 5) is 28.3. The van der Waals surface area contributed by atoms with Crippen molar-refractivity contribution in [3.63, 3.8) is 0 Å². The molecule has 0 radical (unpaired) electrons. The Bertz CT molecular complexity index is 811. The second-order valence-corrected chi connectivity index (χ2v) is 7.96. The fraction of sp³-hybridized carbons (Fsp3) is 0.200. The highest BCUT2D eigenvalue weighted by molar-refractivity contribution is 8.18.